The van der Waals surface area contributed by atoms with Crippen LogP contribution < -0.4 is 5.32 Å². The Balaban J connectivity index is 1.97. The van der Waals surface area contributed by atoms with Gasteiger partial charge >= 0.3 is 5.97 Å². The molecule has 0 aliphatic rings. The third-order valence-corrected chi connectivity index (χ3v) is 2.21. The zero-order chi connectivity index (χ0) is 13.7. The molecule has 7 nitrogen and oxygen atoms in total. The minimum Gasteiger partial charge on any atom is -0.480 e. The average Bonchev–Trinajstić information content (AvgIpc) is 2.38. The first kappa shape index (κ1) is 12.9. The Morgan fingerprint density at radius 3 is 2.63 bits per heavy atom. The summed E-state index contributed by atoms with van der Waals surface area (Å²) >= 11 is 0. The predicted octanol–water partition coefficient (Wildman–Crippen LogP) is 0.669. The van der Waals surface area contributed by atoms with Gasteiger partial charge in [-0.25, -0.2) is 4.79 Å². The van der Waals surface area contributed by atoms with Gasteiger partial charge in [-0.1, -0.05) is 0 Å². The average molecular weight is 261 g/mol. The summed E-state index contributed by atoms with van der Waals surface area (Å²) in [6, 6.07) is 5.10. The molecule has 98 valence electrons. The maximum atomic E-state index is 11.5. The molecular weight excluding hydrogens is 250 g/mol. The number of rotatable bonds is 5. The predicted molar refractivity (Wildman–Crippen MR) is 66.6 cm³/mol. The van der Waals surface area contributed by atoms with Crippen molar-refractivity contribution in [2.24, 2.45) is 0 Å². The smallest absolute Gasteiger partial charge is 0.329 e. The van der Waals surface area contributed by atoms with Crippen molar-refractivity contribution in [1.29, 1.82) is 0 Å². The van der Waals surface area contributed by atoms with E-state index in [2.05, 4.69) is 20.0 Å². The largest absolute Gasteiger partial charge is 0.480 e. The zero-order valence-electron chi connectivity index (χ0n) is 9.87. The van der Waals surface area contributed by atoms with E-state index in [-0.39, 0.29) is 6.61 Å². The Labute approximate surface area is 108 Å². The maximum absolute atomic E-state index is 11.5. The Hall–Kier alpha value is -2.54. The molecule has 2 rings (SSSR count). The van der Waals surface area contributed by atoms with Crippen LogP contribution in [-0.2, 0) is 14.3 Å². The number of carbonyl (C=O) groups is 2. The molecule has 0 bridgehead atoms. The van der Waals surface area contributed by atoms with Gasteiger partial charge in [-0.2, -0.15) is 0 Å². The molecule has 0 fully saturated rings. The fourth-order valence-electron chi connectivity index (χ4n) is 1.47. The molecule has 1 aromatic heterocycles. The first-order chi connectivity index (χ1) is 9.15. The van der Waals surface area contributed by atoms with Crippen LogP contribution in [0.1, 0.15) is 0 Å². The van der Waals surface area contributed by atoms with Gasteiger partial charge < -0.3 is 15.2 Å². The van der Waals surface area contributed by atoms with E-state index in [1.807, 2.05) is 0 Å². The van der Waals surface area contributed by atoms with Gasteiger partial charge in [0.15, 0.2) is 0 Å². The number of carboxylic acid groups (broad SMARTS) is 1. The Bertz CT molecular complexity index is 615. The molecule has 0 spiro atoms. The second-order valence-electron chi connectivity index (χ2n) is 3.69. The van der Waals surface area contributed by atoms with Crippen LogP contribution in [0.5, 0.6) is 0 Å². The van der Waals surface area contributed by atoms with E-state index in [0.717, 1.165) is 5.52 Å². The number of benzene rings is 1. The highest BCUT2D eigenvalue weighted by molar-refractivity contribution is 5.93. The highest BCUT2D eigenvalue weighted by atomic mass is 16.5. The van der Waals surface area contributed by atoms with Crippen LogP contribution in [0.3, 0.4) is 0 Å². The van der Waals surface area contributed by atoms with Crippen molar-refractivity contribution >= 4 is 28.6 Å². The molecular formula is C12H11N3O4. The van der Waals surface area contributed by atoms with Crippen molar-refractivity contribution in [2.75, 3.05) is 18.5 Å². The van der Waals surface area contributed by atoms with Crippen LogP contribution in [0.15, 0.2) is 30.6 Å². The molecule has 0 aliphatic heterocycles. The molecule has 0 saturated heterocycles. The monoisotopic (exact) mass is 261 g/mol. The van der Waals surface area contributed by atoms with Crippen molar-refractivity contribution in [3.63, 3.8) is 0 Å². The number of hydrogen-bond acceptors (Lipinski definition) is 5. The van der Waals surface area contributed by atoms with Gasteiger partial charge in [-0.15, -0.1) is 0 Å². The molecule has 0 aliphatic carbocycles. The fraction of sp³-hybridized carbons (Fsp3) is 0.167. The molecule has 1 heterocycles. The van der Waals surface area contributed by atoms with Crippen molar-refractivity contribution in [1.82, 2.24) is 9.97 Å². The molecule has 1 amide bonds. The van der Waals surface area contributed by atoms with Gasteiger partial charge in [-0.3, -0.25) is 14.8 Å². The first-order valence-electron chi connectivity index (χ1n) is 5.45. The number of anilines is 1. The standard InChI is InChI=1S/C12H11N3O4/c16-11(6-19-7-12(17)18)15-8-1-2-9-10(5-8)14-4-3-13-9/h1-5H,6-7H2,(H,15,16)(H,17,18). The Kier molecular flexibility index (Phi) is 3.99. The summed E-state index contributed by atoms with van der Waals surface area (Å²) in [5, 5.41) is 10.9. The molecule has 19 heavy (non-hydrogen) atoms. The number of nitrogens with zero attached hydrogens (tertiary/aromatic N) is 2. The number of hydrogen-bond donors (Lipinski definition) is 2. The van der Waals surface area contributed by atoms with Gasteiger partial charge in [0.05, 0.1) is 11.0 Å². The Morgan fingerprint density at radius 1 is 1.16 bits per heavy atom. The van der Waals surface area contributed by atoms with Crippen molar-refractivity contribution in [3.8, 4) is 0 Å². The number of carboxylic acids is 1. The summed E-state index contributed by atoms with van der Waals surface area (Å²) in [6.07, 6.45) is 3.14. The van der Waals surface area contributed by atoms with E-state index < -0.39 is 18.5 Å². The number of ether oxygens (including phenoxy) is 1. The van der Waals surface area contributed by atoms with E-state index in [4.69, 9.17) is 5.11 Å². The van der Waals surface area contributed by atoms with E-state index in [9.17, 15) is 9.59 Å². The molecule has 0 atom stereocenters. The highest BCUT2D eigenvalue weighted by Crippen LogP contribution is 2.14. The molecule has 0 saturated carbocycles. The van der Waals surface area contributed by atoms with Crippen LogP contribution in [0, 0.1) is 0 Å². The van der Waals surface area contributed by atoms with Gasteiger partial charge in [0, 0.05) is 18.1 Å². The number of aliphatic carboxylic acids is 1. The summed E-state index contributed by atoms with van der Waals surface area (Å²) in [5.41, 5.74) is 1.94. The van der Waals surface area contributed by atoms with E-state index in [1.54, 1.807) is 30.6 Å². The molecule has 1 aromatic carbocycles. The normalized spacial score (nSPS) is 10.3. The van der Waals surface area contributed by atoms with Crippen LogP contribution in [0.4, 0.5) is 5.69 Å². The lowest BCUT2D eigenvalue weighted by Gasteiger charge is -2.05. The van der Waals surface area contributed by atoms with Gasteiger partial charge in [0.2, 0.25) is 5.91 Å². The van der Waals surface area contributed by atoms with Gasteiger partial charge in [0.25, 0.3) is 0 Å². The van der Waals surface area contributed by atoms with Crippen molar-refractivity contribution in [2.45, 2.75) is 0 Å². The van der Waals surface area contributed by atoms with Crippen LogP contribution in [0.2, 0.25) is 0 Å². The Morgan fingerprint density at radius 2 is 1.89 bits per heavy atom. The SMILES string of the molecule is O=C(O)COCC(=O)Nc1ccc2nccnc2c1. The number of aromatic nitrogens is 2. The van der Waals surface area contributed by atoms with Crippen LogP contribution in [0.25, 0.3) is 11.0 Å². The lowest BCUT2D eigenvalue weighted by molar-refractivity contribution is -0.143. The molecule has 2 aromatic rings. The van der Waals surface area contributed by atoms with E-state index in [1.165, 1.54) is 0 Å². The van der Waals surface area contributed by atoms with Gasteiger partial charge in [-0.05, 0) is 18.2 Å². The molecule has 7 heteroatoms. The number of nitrogens with one attached hydrogen (secondary N) is 1. The van der Waals surface area contributed by atoms with Crippen molar-refractivity contribution in [3.05, 3.63) is 30.6 Å². The van der Waals surface area contributed by atoms with E-state index in [0.29, 0.717) is 11.2 Å². The zero-order valence-corrected chi connectivity index (χ0v) is 9.87. The molecule has 0 radical (unpaired) electrons. The second-order valence-corrected chi connectivity index (χ2v) is 3.69. The molecule has 2 N–H and O–H groups in total. The van der Waals surface area contributed by atoms with E-state index >= 15 is 0 Å². The number of amides is 1. The summed E-state index contributed by atoms with van der Waals surface area (Å²) in [5.74, 6) is -1.54. The summed E-state index contributed by atoms with van der Waals surface area (Å²) in [4.78, 5) is 29.9. The fourth-order valence-corrected chi connectivity index (χ4v) is 1.47. The number of carbonyl (C=O) groups excluding carboxylic acids is 1. The second kappa shape index (κ2) is 5.87. The van der Waals surface area contributed by atoms with Gasteiger partial charge in [0.1, 0.15) is 13.2 Å². The topological polar surface area (TPSA) is 101 Å². The first-order valence-corrected chi connectivity index (χ1v) is 5.45. The summed E-state index contributed by atoms with van der Waals surface area (Å²) in [7, 11) is 0. The quantitative estimate of drug-likeness (QED) is 0.820. The third-order valence-electron chi connectivity index (χ3n) is 2.21. The minimum absolute atomic E-state index is 0.315. The lowest BCUT2D eigenvalue weighted by Crippen LogP contribution is -2.20. The highest BCUT2D eigenvalue weighted by Gasteiger charge is 2.05. The molecule has 0 unspecified atom stereocenters. The van der Waals surface area contributed by atoms with Crippen molar-refractivity contribution < 1.29 is 19.4 Å². The number of fused-ring (bicyclic) bond motifs is 1. The minimum atomic E-state index is -1.12. The summed E-state index contributed by atoms with van der Waals surface area (Å²) in [6.45, 7) is -0.818. The summed E-state index contributed by atoms with van der Waals surface area (Å²) < 4.78 is 4.68. The van der Waals surface area contributed by atoms with Crippen LogP contribution in [-0.4, -0.2) is 40.2 Å². The lowest BCUT2D eigenvalue weighted by atomic mass is 10.2. The van der Waals surface area contributed by atoms with Crippen LogP contribution >= 0.6 is 0 Å². The third kappa shape index (κ3) is 3.71. The maximum Gasteiger partial charge on any atom is 0.329 e.